The minimum absolute atomic E-state index is 0.714. The first-order chi connectivity index (χ1) is 16.9. The molecular weight excluding hydrogens is 434 g/mol. The first kappa shape index (κ1) is 23.5. The first-order valence-corrected chi connectivity index (χ1v) is 11.9. The van der Waals surface area contributed by atoms with Crippen molar-refractivity contribution in [2.75, 3.05) is 0 Å². The number of benzene rings is 4. The average molecular weight is 466 g/mol. The minimum atomic E-state index is -1.52. The fraction of sp³-hybridized carbons (Fsp3) is 0.226. The molecule has 0 aliphatic carbocycles. The SMILES string of the molecule is CC1(C)O[C@H](C(N)(c2ccccc2)c2ccccc2)[C@@H](C(O)(c2ccccc2)c2ccccc2)O1. The number of nitrogens with two attached hydrogens (primary N) is 1. The summed E-state index contributed by atoms with van der Waals surface area (Å²) in [5.41, 5.74) is 7.97. The Morgan fingerprint density at radius 2 is 0.886 bits per heavy atom. The van der Waals surface area contributed by atoms with E-state index >= 15 is 0 Å². The van der Waals surface area contributed by atoms with Gasteiger partial charge < -0.3 is 20.3 Å². The molecule has 1 fully saturated rings. The summed E-state index contributed by atoms with van der Waals surface area (Å²) in [6.45, 7) is 3.74. The van der Waals surface area contributed by atoms with Crippen LogP contribution in [0, 0.1) is 0 Å². The lowest BCUT2D eigenvalue weighted by Crippen LogP contribution is -2.58. The molecule has 4 aromatic rings. The Balaban J connectivity index is 1.76. The van der Waals surface area contributed by atoms with Crippen molar-refractivity contribution >= 4 is 0 Å². The molecule has 2 atom stereocenters. The topological polar surface area (TPSA) is 64.7 Å². The van der Waals surface area contributed by atoms with Gasteiger partial charge in [-0.1, -0.05) is 121 Å². The predicted octanol–water partition coefficient (Wildman–Crippen LogP) is 5.35. The van der Waals surface area contributed by atoms with Crippen molar-refractivity contribution in [3.05, 3.63) is 144 Å². The highest BCUT2D eigenvalue weighted by atomic mass is 16.8. The van der Waals surface area contributed by atoms with Gasteiger partial charge in [0.25, 0.3) is 0 Å². The highest BCUT2D eigenvalue weighted by molar-refractivity contribution is 5.44. The van der Waals surface area contributed by atoms with E-state index in [1.54, 1.807) is 0 Å². The van der Waals surface area contributed by atoms with Crippen molar-refractivity contribution in [3.63, 3.8) is 0 Å². The summed E-state index contributed by atoms with van der Waals surface area (Å²) in [7, 11) is 0. The lowest BCUT2D eigenvalue weighted by Gasteiger charge is -2.43. The van der Waals surface area contributed by atoms with Crippen LogP contribution in [-0.4, -0.2) is 23.1 Å². The highest BCUT2D eigenvalue weighted by Gasteiger charge is 2.60. The molecule has 0 spiro atoms. The number of ether oxygens (including phenoxy) is 2. The van der Waals surface area contributed by atoms with E-state index in [2.05, 4.69) is 0 Å². The van der Waals surface area contributed by atoms with Crippen LogP contribution in [0.5, 0.6) is 0 Å². The Bertz CT molecular complexity index is 1070. The van der Waals surface area contributed by atoms with Crippen molar-refractivity contribution in [2.24, 2.45) is 5.73 Å². The molecule has 1 heterocycles. The van der Waals surface area contributed by atoms with Gasteiger partial charge in [-0.25, -0.2) is 0 Å². The number of rotatable bonds is 6. The monoisotopic (exact) mass is 465 g/mol. The molecule has 1 saturated heterocycles. The van der Waals surface area contributed by atoms with Crippen LogP contribution in [-0.2, 0) is 20.6 Å². The van der Waals surface area contributed by atoms with E-state index < -0.39 is 29.1 Å². The van der Waals surface area contributed by atoms with E-state index in [0.29, 0.717) is 11.1 Å². The molecule has 0 radical (unpaired) electrons. The van der Waals surface area contributed by atoms with E-state index in [0.717, 1.165) is 11.1 Å². The fourth-order valence-electron chi connectivity index (χ4n) is 5.20. The van der Waals surface area contributed by atoms with Gasteiger partial charge in [0.2, 0.25) is 0 Å². The Kier molecular flexibility index (Phi) is 6.07. The summed E-state index contributed by atoms with van der Waals surface area (Å²) < 4.78 is 13.2. The zero-order chi connectivity index (χ0) is 24.5. The fourth-order valence-corrected chi connectivity index (χ4v) is 5.20. The molecule has 0 amide bonds. The number of hydrogen-bond acceptors (Lipinski definition) is 4. The van der Waals surface area contributed by atoms with Gasteiger partial charge in [-0.05, 0) is 36.1 Å². The normalized spacial score (nSPS) is 20.0. The summed E-state index contributed by atoms with van der Waals surface area (Å²) in [6.07, 6.45) is -1.53. The van der Waals surface area contributed by atoms with Crippen LogP contribution < -0.4 is 5.73 Å². The van der Waals surface area contributed by atoms with Gasteiger partial charge in [0.15, 0.2) is 5.79 Å². The smallest absolute Gasteiger partial charge is 0.164 e. The van der Waals surface area contributed by atoms with Crippen molar-refractivity contribution in [1.82, 2.24) is 0 Å². The number of hydrogen-bond donors (Lipinski definition) is 2. The maximum atomic E-state index is 12.7. The maximum absolute atomic E-state index is 12.7. The molecule has 1 aliphatic rings. The van der Waals surface area contributed by atoms with Gasteiger partial charge in [0, 0.05) is 0 Å². The Hall–Kier alpha value is -3.28. The second kappa shape index (κ2) is 9.06. The molecule has 4 heteroatoms. The summed E-state index contributed by atoms with van der Waals surface area (Å²) in [6, 6.07) is 39.0. The molecular formula is C31H31NO3. The van der Waals surface area contributed by atoms with E-state index in [4.69, 9.17) is 15.2 Å². The van der Waals surface area contributed by atoms with Gasteiger partial charge in [-0.2, -0.15) is 0 Å². The lowest BCUT2D eigenvalue weighted by atomic mass is 9.70. The van der Waals surface area contributed by atoms with E-state index in [9.17, 15) is 5.11 Å². The third kappa shape index (κ3) is 4.09. The first-order valence-electron chi connectivity index (χ1n) is 11.9. The predicted molar refractivity (Wildman–Crippen MR) is 138 cm³/mol. The molecule has 4 aromatic carbocycles. The Morgan fingerprint density at radius 1 is 0.571 bits per heavy atom. The third-order valence-corrected chi connectivity index (χ3v) is 6.89. The van der Waals surface area contributed by atoms with E-state index in [-0.39, 0.29) is 0 Å². The summed E-state index contributed by atoms with van der Waals surface area (Å²) in [5.74, 6) is -0.971. The Morgan fingerprint density at radius 3 is 1.26 bits per heavy atom. The molecule has 0 bridgehead atoms. The number of aliphatic hydroxyl groups is 1. The third-order valence-electron chi connectivity index (χ3n) is 6.89. The van der Waals surface area contributed by atoms with Crippen molar-refractivity contribution in [1.29, 1.82) is 0 Å². The molecule has 0 saturated carbocycles. The standard InChI is InChI=1S/C31H31NO3/c1-29(2)34-27(30(32,23-15-7-3-8-16-23)24-17-9-4-10-18-24)28(35-29)31(33,25-19-11-5-12-20-25)26-21-13-6-14-22-26/h3-22,27-28,33H,32H2,1-2H3/t27-,28-/m0/s1. The molecule has 4 nitrogen and oxygen atoms in total. The van der Waals surface area contributed by atoms with Crippen LogP contribution in [0.3, 0.4) is 0 Å². The Labute approximate surface area is 207 Å². The molecule has 3 N–H and O–H groups in total. The van der Waals surface area contributed by atoms with Gasteiger partial charge in [-0.15, -0.1) is 0 Å². The van der Waals surface area contributed by atoms with Crippen LogP contribution in [0.1, 0.15) is 36.1 Å². The van der Waals surface area contributed by atoms with Gasteiger partial charge in [-0.3, -0.25) is 0 Å². The van der Waals surface area contributed by atoms with E-state index in [1.807, 2.05) is 135 Å². The van der Waals surface area contributed by atoms with Gasteiger partial charge in [0.05, 0.1) is 5.54 Å². The van der Waals surface area contributed by atoms with Crippen molar-refractivity contribution in [2.45, 2.75) is 43.0 Å². The summed E-state index contributed by atoms with van der Waals surface area (Å²) in [5, 5.41) is 12.7. The zero-order valence-electron chi connectivity index (χ0n) is 20.0. The average Bonchev–Trinajstić information content (AvgIpc) is 3.26. The van der Waals surface area contributed by atoms with Crippen LogP contribution in [0.4, 0.5) is 0 Å². The molecule has 178 valence electrons. The zero-order valence-corrected chi connectivity index (χ0v) is 20.0. The molecule has 0 unspecified atom stereocenters. The highest BCUT2D eigenvalue weighted by Crippen LogP contribution is 2.49. The lowest BCUT2D eigenvalue weighted by molar-refractivity contribution is -0.167. The van der Waals surface area contributed by atoms with E-state index in [1.165, 1.54) is 0 Å². The molecule has 0 aromatic heterocycles. The van der Waals surface area contributed by atoms with Crippen molar-refractivity contribution < 1.29 is 14.6 Å². The summed E-state index contributed by atoms with van der Waals surface area (Å²) >= 11 is 0. The largest absolute Gasteiger partial charge is 0.378 e. The maximum Gasteiger partial charge on any atom is 0.164 e. The minimum Gasteiger partial charge on any atom is -0.378 e. The van der Waals surface area contributed by atoms with Crippen molar-refractivity contribution in [3.8, 4) is 0 Å². The molecule has 5 rings (SSSR count). The van der Waals surface area contributed by atoms with Crippen LogP contribution in [0.2, 0.25) is 0 Å². The second-order valence-corrected chi connectivity index (χ2v) is 9.58. The second-order valence-electron chi connectivity index (χ2n) is 9.58. The quantitative estimate of drug-likeness (QED) is 0.403. The van der Waals surface area contributed by atoms with Crippen LogP contribution in [0.15, 0.2) is 121 Å². The summed E-state index contributed by atoms with van der Waals surface area (Å²) in [4.78, 5) is 0. The van der Waals surface area contributed by atoms with Crippen LogP contribution >= 0.6 is 0 Å². The van der Waals surface area contributed by atoms with Gasteiger partial charge in [0.1, 0.15) is 17.8 Å². The van der Waals surface area contributed by atoms with Gasteiger partial charge >= 0.3 is 0 Å². The molecule has 1 aliphatic heterocycles. The molecule has 35 heavy (non-hydrogen) atoms. The van der Waals surface area contributed by atoms with Crippen LogP contribution in [0.25, 0.3) is 0 Å².